The van der Waals surface area contributed by atoms with Gasteiger partial charge in [-0.15, -0.1) is 11.3 Å². The number of ether oxygens (including phenoxy) is 2. The van der Waals surface area contributed by atoms with Crippen LogP contribution in [-0.2, 0) is 22.4 Å². The van der Waals surface area contributed by atoms with E-state index >= 15 is 0 Å². The van der Waals surface area contributed by atoms with Crippen LogP contribution in [0.15, 0.2) is 30.3 Å². The highest BCUT2D eigenvalue weighted by molar-refractivity contribution is 7.14. The lowest BCUT2D eigenvalue weighted by Gasteiger charge is -2.36. The van der Waals surface area contributed by atoms with Crippen LogP contribution in [0.4, 0.5) is 5.69 Å². The molecule has 2 aromatic rings. The largest absolute Gasteiger partial charge is 0.497 e. The van der Waals surface area contributed by atoms with Gasteiger partial charge >= 0.3 is 5.97 Å². The van der Waals surface area contributed by atoms with Crippen molar-refractivity contribution in [2.45, 2.75) is 32.1 Å². The van der Waals surface area contributed by atoms with E-state index in [1.165, 1.54) is 41.0 Å². The molecule has 1 amide bonds. The van der Waals surface area contributed by atoms with Crippen molar-refractivity contribution in [3.05, 3.63) is 45.6 Å². The fourth-order valence-corrected chi connectivity index (χ4v) is 5.21. The quantitative estimate of drug-likeness (QED) is 0.539. The smallest absolute Gasteiger partial charge is 0.348 e. The third-order valence-electron chi connectivity index (χ3n) is 5.84. The van der Waals surface area contributed by atoms with Crippen molar-refractivity contribution in [3.63, 3.8) is 0 Å². The van der Waals surface area contributed by atoms with Crippen molar-refractivity contribution in [1.82, 2.24) is 4.90 Å². The Labute approximate surface area is 181 Å². The molecule has 1 aliphatic heterocycles. The van der Waals surface area contributed by atoms with Crippen molar-refractivity contribution in [2.24, 2.45) is 0 Å². The maximum Gasteiger partial charge on any atom is 0.348 e. The number of hydrogen-bond donors (Lipinski definition) is 0. The van der Waals surface area contributed by atoms with E-state index in [0.29, 0.717) is 18.0 Å². The molecule has 0 bridgehead atoms. The van der Waals surface area contributed by atoms with Crippen LogP contribution in [0, 0.1) is 0 Å². The third-order valence-corrected chi connectivity index (χ3v) is 7.06. The lowest BCUT2D eigenvalue weighted by Crippen LogP contribution is -2.49. The minimum Gasteiger partial charge on any atom is -0.497 e. The number of aryl methyl sites for hydroxylation is 2. The summed E-state index contributed by atoms with van der Waals surface area (Å²) in [5.41, 5.74) is 2.40. The number of thiophene rings is 1. The van der Waals surface area contributed by atoms with Gasteiger partial charge in [-0.05, 0) is 61.6 Å². The number of carbonyl (C=O) groups is 2. The van der Waals surface area contributed by atoms with Crippen LogP contribution in [0.2, 0.25) is 0 Å². The average molecular weight is 429 g/mol. The number of nitrogens with zero attached hydrogens (tertiary/aromatic N) is 2. The number of piperazine rings is 1. The first-order valence-electron chi connectivity index (χ1n) is 10.6. The maximum absolute atomic E-state index is 12.5. The van der Waals surface area contributed by atoms with Crippen molar-refractivity contribution in [2.75, 3.05) is 44.8 Å². The third kappa shape index (κ3) is 4.78. The zero-order valence-electron chi connectivity index (χ0n) is 17.4. The van der Waals surface area contributed by atoms with Gasteiger partial charge in [-0.25, -0.2) is 4.79 Å². The standard InChI is InChI=1S/C23H28N2O4S/c1-28-19-9-7-18(8-10-19)24-11-13-25(14-12-24)22(26)16-29-23(27)21-15-17-5-3-2-4-6-20(17)30-21/h7-10,15H,2-6,11-14,16H2,1H3. The van der Waals surface area contributed by atoms with E-state index in [1.807, 2.05) is 30.3 Å². The number of anilines is 1. The SMILES string of the molecule is COc1ccc(N2CCN(C(=O)COC(=O)c3cc4c(s3)CCCCC4)CC2)cc1. The van der Waals surface area contributed by atoms with Crippen LogP contribution >= 0.6 is 11.3 Å². The van der Waals surface area contributed by atoms with Crippen LogP contribution < -0.4 is 9.64 Å². The lowest BCUT2D eigenvalue weighted by atomic mass is 10.1. The summed E-state index contributed by atoms with van der Waals surface area (Å²) in [6.45, 7) is 2.56. The molecule has 1 aromatic heterocycles. The number of fused-ring (bicyclic) bond motifs is 1. The summed E-state index contributed by atoms with van der Waals surface area (Å²) >= 11 is 1.53. The van der Waals surface area contributed by atoms with Gasteiger partial charge in [0, 0.05) is 36.7 Å². The number of esters is 1. The molecule has 1 saturated heterocycles. The van der Waals surface area contributed by atoms with Gasteiger partial charge in [-0.3, -0.25) is 4.79 Å². The zero-order chi connectivity index (χ0) is 20.9. The van der Waals surface area contributed by atoms with Crippen molar-refractivity contribution < 1.29 is 19.1 Å². The molecule has 0 radical (unpaired) electrons. The number of amides is 1. The van der Waals surface area contributed by atoms with E-state index in [0.717, 1.165) is 37.4 Å². The highest BCUT2D eigenvalue weighted by Gasteiger charge is 2.23. The predicted molar refractivity (Wildman–Crippen MR) is 118 cm³/mol. The maximum atomic E-state index is 12.5. The molecular weight excluding hydrogens is 400 g/mol. The van der Waals surface area contributed by atoms with E-state index in [-0.39, 0.29) is 18.5 Å². The number of methoxy groups -OCH3 is 1. The van der Waals surface area contributed by atoms with Crippen LogP contribution in [0.5, 0.6) is 5.75 Å². The normalized spacial score (nSPS) is 16.6. The van der Waals surface area contributed by atoms with Crippen molar-refractivity contribution in [3.8, 4) is 5.75 Å². The summed E-state index contributed by atoms with van der Waals surface area (Å²) in [5, 5.41) is 0. The molecule has 1 fully saturated rings. The van der Waals surface area contributed by atoms with E-state index in [9.17, 15) is 9.59 Å². The summed E-state index contributed by atoms with van der Waals surface area (Å²) in [4.78, 5) is 30.9. The molecule has 2 heterocycles. The molecule has 160 valence electrons. The molecule has 0 atom stereocenters. The number of carbonyl (C=O) groups excluding carboxylic acids is 2. The van der Waals surface area contributed by atoms with Crippen LogP contribution in [0.1, 0.15) is 39.4 Å². The summed E-state index contributed by atoms with van der Waals surface area (Å²) in [7, 11) is 1.65. The molecule has 0 N–H and O–H groups in total. The molecule has 1 aromatic carbocycles. The van der Waals surface area contributed by atoms with Gasteiger partial charge in [0.15, 0.2) is 6.61 Å². The van der Waals surface area contributed by atoms with Gasteiger partial charge < -0.3 is 19.3 Å². The Kier molecular flexibility index (Phi) is 6.57. The minimum absolute atomic E-state index is 0.129. The fraction of sp³-hybridized carbons (Fsp3) is 0.478. The second-order valence-electron chi connectivity index (χ2n) is 7.76. The van der Waals surface area contributed by atoms with Crippen molar-refractivity contribution >= 4 is 28.9 Å². The van der Waals surface area contributed by atoms with Gasteiger partial charge in [-0.1, -0.05) is 6.42 Å². The molecule has 2 aliphatic rings. The van der Waals surface area contributed by atoms with Gasteiger partial charge in [0.05, 0.1) is 7.11 Å². The Balaban J connectivity index is 1.25. The van der Waals surface area contributed by atoms with Gasteiger partial charge in [0.25, 0.3) is 5.91 Å². The molecular formula is C23H28N2O4S. The monoisotopic (exact) mass is 428 g/mol. The molecule has 0 spiro atoms. The van der Waals surface area contributed by atoms with Gasteiger partial charge in [0.1, 0.15) is 10.6 Å². The summed E-state index contributed by atoms with van der Waals surface area (Å²) in [6, 6.07) is 9.90. The van der Waals surface area contributed by atoms with E-state index in [4.69, 9.17) is 9.47 Å². The van der Waals surface area contributed by atoms with Crippen molar-refractivity contribution in [1.29, 1.82) is 0 Å². The Bertz CT molecular complexity index is 862. The molecule has 0 unspecified atom stereocenters. The van der Waals surface area contributed by atoms with E-state index in [2.05, 4.69) is 4.90 Å². The zero-order valence-corrected chi connectivity index (χ0v) is 18.2. The topological polar surface area (TPSA) is 59.1 Å². The first-order chi connectivity index (χ1) is 14.6. The Morgan fingerprint density at radius 1 is 1.00 bits per heavy atom. The second kappa shape index (κ2) is 9.51. The highest BCUT2D eigenvalue weighted by atomic mass is 32.1. The molecule has 30 heavy (non-hydrogen) atoms. The first-order valence-corrected chi connectivity index (χ1v) is 11.4. The minimum atomic E-state index is -0.377. The highest BCUT2D eigenvalue weighted by Crippen LogP contribution is 2.29. The predicted octanol–water partition coefficient (Wildman–Crippen LogP) is 3.53. The van der Waals surface area contributed by atoms with Crippen LogP contribution in [0.25, 0.3) is 0 Å². The Morgan fingerprint density at radius 3 is 2.47 bits per heavy atom. The van der Waals surface area contributed by atoms with E-state index in [1.54, 1.807) is 12.0 Å². The molecule has 0 saturated carbocycles. The Hall–Kier alpha value is -2.54. The van der Waals surface area contributed by atoms with Gasteiger partial charge in [-0.2, -0.15) is 0 Å². The molecule has 6 nitrogen and oxygen atoms in total. The second-order valence-corrected chi connectivity index (χ2v) is 8.90. The summed E-state index contributed by atoms with van der Waals surface area (Å²) in [5.74, 6) is 0.325. The molecule has 4 rings (SSSR count). The van der Waals surface area contributed by atoms with E-state index < -0.39 is 0 Å². The summed E-state index contributed by atoms with van der Waals surface area (Å²) in [6.07, 6.45) is 5.70. The first kappa shape index (κ1) is 20.7. The van der Waals surface area contributed by atoms with Crippen LogP contribution in [-0.4, -0.2) is 56.7 Å². The lowest BCUT2D eigenvalue weighted by molar-refractivity contribution is -0.134. The Morgan fingerprint density at radius 2 is 1.73 bits per heavy atom. The fourth-order valence-electron chi connectivity index (χ4n) is 4.06. The number of rotatable bonds is 5. The van der Waals surface area contributed by atoms with Gasteiger partial charge in [0.2, 0.25) is 0 Å². The molecule has 1 aliphatic carbocycles. The number of benzene rings is 1. The van der Waals surface area contributed by atoms with Crippen LogP contribution in [0.3, 0.4) is 0 Å². The number of hydrogen-bond acceptors (Lipinski definition) is 6. The summed E-state index contributed by atoms with van der Waals surface area (Å²) < 4.78 is 10.5. The molecule has 7 heteroatoms. The average Bonchev–Trinajstić information content (AvgIpc) is 3.08.